The maximum absolute atomic E-state index is 12.0. The first-order chi connectivity index (χ1) is 27.6. The van der Waals surface area contributed by atoms with E-state index in [1.807, 2.05) is 84.9 Å². The minimum atomic E-state index is -0.485. The molecule has 6 aromatic carbocycles. The van der Waals surface area contributed by atoms with Gasteiger partial charge in [0.2, 0.25) is 0 Å². The number of hydrogen-bond donors (Lipinski definition) is 0. The molecule has 6 aromatic rings. The van der Waals surface area contributed by atoms with Crippen molar-refractivity contribution in [1.82, 2.24) is 0 Å². The van der Waals surface area contributed by atoms with Crippen molar-refractivity contribution in [3.05, 3.63) is 190 Å². The third kappa shape index (κ3) is 7.98. The Morgan fingerprint density at radius 1 is 0.421 bits per heavy atom. The van der Waals surface area contributed by atoms with Crippen LogP contribution in [0, 0.1) is 0 Å². The van der Waals surface area contributed by atoms with Gasteiger partial charge < -0.3 is 19.4 Å². The summed E-state index contributed by atoms with van der Waals surface area (Å²) < 4.78 is 5.10. The van der Waals surface area contributed by atoms with Crippen LogP contribution in [0.1, 0.15) is 47.8 Å². The van der Waals surface area contributed by atoms with E-state index in [1.54, 1.807) is 73.8 Å². The Bertz CT molecular complexity index is 2540. The Morgan fingerprint density at radius 2 is 0.789 bits per heavy atom. The number of carbonyl (C=O) groups is 6. The van der Waals surface area contributed by atoms with Crippen molar-refractivity contribution < 1.29 is 33.5 Å². The van der Waals surface area contributed by atoms with Crippen LogP contribution in [0.15, 0.2) is 152 Å². The normalized spacial score (nSPS) is 13.8. The van der Waals surface area contributed by atoms with E-state index in [9.17, 15) is 28.8 Å². The Hall–Kier alpha value is -7.17. The molecule has 0 fully saturated rings. The predicted molar refractivity (Wildman–Crippen MR) is 217 cm³/mol. The molecule has 282 valence electrons. The molecule has 3 heterocycles. The van der Waals surface area contributed by atoms with E-state index < -0.39 is 35.1 Å². The number of anilines is 3. The average Bonchev–Trinajstić information content (AvgIpc) is 3.74. The van der Waals surface area contributed by atoms with Crippen molar-refractivity contribution in [2.75, 3.05) is 21.8 Å². The molecule has 0 aliphatic carbocycles. The molecule has 0 radical (unpaired) electrons. The summed E-state index contributed by atoms with van der Waals surface area (Å²) in [4.78, 5) is 76.1. The molecule has 0 saturated heterocycles. The van der Waals surface area contributed by atoms with Gasteiger partial charge in [0.15, 0.2) is 0 Å². The zero-order valence-electron chi connectivity index (χ0n) is 30.6. The maximum Gasteiger partial charge on any atom is 0.299 e. The van der Waals surface area contributed by atoms with E-state index in [4.69, 9.17) is 16.3 Å². The number of benzene rings is 6. The van der Waals surface area contributed by atoms with E-state index in [0.29, 0.717) is 58.4 Å². The lowest BCUT2D eigenvalue weighted by molar-refractivity contribution is -0.115. The van der Waals surface area contributed by atoms with Gasteiger partial charge >= 0.3 is 0 Å². The molecule has 3 aliphatic heterocycles. The quantitative estimate of drug-likeness (QED) is 0.151. The predicted octanol–water partition coefficient (Wildman–Crippen LogP) is 7.91. The highest BCUT2D eigenvalue weighted by Crippen LogP contribution is 2.32. The summed E-state index contributed by atoms with van der Waals surface area (Å²) in [6.45, 7) is 1.16. The van der Waals surface area contributed by atoms with Crippen LogP contribution in [-0.4, -0.2) is 42.2 Å². The second kappa shape index (κ2) is 16.7. The summed E-state index contributed by atoms with van der Waals surface area (Å²) in [5, 5.41) is 0.615. The number of ketones is 3. The van der Waals surface area contributed by atoms with E-state index in [1.165, 1.54) is 14.7 Å². The molecular weight excluding hydrogens is 742 g/mol. The SMILES string of the molecule is COc1ccc(CN2C(=O)C(=O)c3ccccc32)cc1.O=C1C(=O)N(Cc2cccc(Cl)c2)c2ccccc21.O=C1C(=O)N(Cc2ccccc2)c2ccccc21. The lowest BCUT2D eigenvalue weighted by Gasteiger charge is -2.16. The van der Waals surface area contributed by atoms with Crippen molar-refractivity contribution in [3.63, 3.8) is 0 Å². The minimum Gasteiger partial charge on any atom is -0.497 e. The molecule has 3 amide bonds. The first-order valence-electron chi connectivity index (χ1n) is 17.9. The first kappa shape index (κ1) is 38.1. The van der Waals surface area contributed by atoms with Crippen LogP contribution in [0.4, 0.5) is 17.1 Å². The standard InChI is InChI=1S/C16H13NO3.C15H10ClNO2.C15H11NO2/c1-20-12-8-6-11(7-9-12)10-17-14-5-3-2-4-13(14)15(18)16(17)19;16-11-5-3-4-10(8-11)9-17-13-7-2-1-6-12(13)14(18)15(17)19;17-14-12-8-4-5-9-13(12)16(15(14)18)10-11-6-2-1-3-7-11/h2-9H,10H2,1H3;1-8H,9H2;1-9H,10H2. The number of hydrogen-bond acceptors (Lipinski definition) is 7. The van der Waals surface area contributed by atoms with Crippen LogP contribution in [0.5, 0.6) is 5.75 Å². The zero-order valence-corrected chi connectivity index (χ0v) is 31.4. The van der Waals surface area contributed by atoms with Gasteiger partial charge in [0, 0.05) is 5.02 Å². The molecule has 9 rings (SSSR count). The third-order valence-corrected chi connectivity index (χ3v) is 9.78. The molecule has 0 atom stereocenters. The van der Waals surface area contributed by atoms with Gasteiger partial charge in [-0.1, -0.05) is 103 Å². The highest BCUT2D eigenvalue weighted by molar-refractivity contribution is 6.53. The van der Waals surface area contributed by atoms with Crippen LogP contribution in [0.3, 0.4) is 0 Å². The van der Waals surface area contributed by atoms with Gasteiger partial charge in [0.1, 0.15) is 5.75 Å². The van der Waals surface area contributed by atoms with Gasteiger partial charge in [0.05, 0.1) is 60.5 Å². The molecule has 11 heteroatoms. The van der Waals surface area contributed by atoms with E-state index >= 15 is 0 Å². The number of rotatable bonds is 7. The van der Waals surface area contributed by atoms with Gasteiger partial charge in [0.25, 0.3) is 35.1 Å². The Morgan fingerprint density at radius 3 is 1.21 bits per heavy atom. The smallest absolute Gasteiger partial charge is 0.299 e. The molecular formula is C46H34ClN3O7. The van der Waals surface area contributed by atoms with Crippen molar-refractivity contribution in [3.8, 4) is 5.75 Å². The van der Waals surface area contributed by atoms with Gasteiger partial charge in [-0.15, -0.1) is 0 Å². The van der Waals surface area contributed by atoms with Crippen LogP contribution in [0.25, 0.3) is 0 Å². The highest BCUT2D eigenvalue weighted by atomic mass is 35.5. The molecule has 0 unspecified atom stereocenters. The molecule has 0 saturated carbocycles. The molecule has 0 N–H and O–H groups in total. The summed E-state index contributed by atoms with van der Waals surface area (Å²) >= 11 is 5.93. The van der Waals surface area contributed by atoms with Gasteiger partial charge in [-0.3, -0.25) is 28.8 Å². The third-order valence-electron chi connectivity index (χ3n) is 9.55. The van der Waals surface area contributed by atoms with Crippen LogP contribution >= 0.6 is 11.6 Å². The molecule has 10 nitrogen and oxygen atoms in total. The second-order valence-electron chi connectivity index (χ2n) is 13.2. The first-order valence-corrected chi connectivity index (χ1v) is 18.3. The Kier molecular flexibility index (Phi) is 11.2. The number of fused-ring (bicyclic) bond motifs is 3. The second-order valence-corrected chi connectivity index (χ2v) is 13.6. The van der Waals surface area contributed by atoms with Crippen molar-refractivity contribution >= 4 is 63.7 Å². The lowest BCUT2D eigenvalue weighted by atomic mass is 10.1. The topological polar surface area (TPSA) is 121 Å². The number of nitrogens with zero attached hydrogens (tertiary/aromatic N) is 3. The fraction of sp³-hybridized carbons (Fsp3) is 0.0870. The number of carbonyl (C=O) groups excluding carboxylic acids is 6. The summed E-state index contributed by atoms with van der Waals surface area (Å²) in [5.41, 5.74) is 6.34. The monoisotopic (exact) mass is 775 g/mol. The van der Waals surface area contributed by atoms with E-state index in [2.05, 4.69) is 0 Å². The molecule has 3 aliphatic rings. The minimum absolute atomic E-state index is 0.349. The van der Waals surface area contributed by atoms with Gasteiger partial charge in [-0.25, -0.2) is 0 Å². The van der Waals surface area contributed by atoms with E-state index in [-0.39, 0.29) is 0 Å². The van der Waals surface area contributed by atoms with Crippen molar-refractivity contribution in [2.45, 2.75) is 19.6 Å². The number of para-hydroxylation sites is 3. The average molecular weight is 776 g/mol. The molecule has 57 heavy (non-hydrogen) atoms. The van der Waals surface area contributed by atoms with Crippen LogP contribution < -0.4 is 19.4 Å². The Labute approximate surface area is 333 Å². The molecule has 0 bridgehead atoms. The fourth-order valence-electron chi connectivity index (χ4n) is 6.71. The number of halogens is 1. The largest absolute Gasteiger partial charge is 0.497 e. The van der Waals surface area contributed by atoms with Crippen LogP contribution in [0.2, 0.25) is 5.02 Å². The summed E-state index contributed by atoms with van der Waals surface area (Å²) in [6.07, 6.45) is 0. The molecule has 0 aromatic heterocycles. The van der Waals surface area contributed by atoms with Gasteiger partial charge in [-0.05, 0) is 77.4 Å². The fourth-order valence-corrected chi connectivity index (χ4v) is 6.93. The number of Topliss-reactive ketones (excluding diaryl/α,β-unsaturated/α-hetero) is 3. The van der Waals surface area contributed by atoms with Crippen molar-refractivity contribution in [1.29, 1.82) is 0 Å². The zero-order chi connectivity index (χ0) is 40.1. The number of amides is 3. The number of methoxy groups -OCH3 is 1. The van der Waals surface area contributed by atoms with Crippen LogP contribution in [-0.2, 0) is 34.0 Å². The summed E-state index contributed by atoms with van der Waals surface area (Å²) in [6, 6.07) is 45.6. The molecule has 0 spiro atoms. The van der Waals surface area contributed by atoms with Crippen molar-refractivity contribution in [2.24, 2.45) is 0 Å². The lowest BCUT2D eigenvalue weighted by Crippen LogP contribution is -2.29. The van der Waals surface area contributed by atoms with E-state index in [0.717, 1.165) is 22.4 Å². The number of ether oxygens (including phenoxy) is 1. The summed E-state index contributed by atoms with van der Waals surface area (Å²) in [5.74, 6) is -1.94. The highest BCUT2D eigenvalue weighted by Gasteiger charge is 2.37. The summed E-state index contributed by atoms with van der Waals surface area (Å²) in [7, 11) is 1.61. The van der Waals surface area contributed by atoms with Gasteiger partial charge in [-0.2, -0.15) is 0 Å². The Balaban J connectivity index is 0.000000131. The maximum atomic E-state index is 12.0.